The second kappa shape index (κ2) is 28.6. The first kappa shape index (κ1) is 55.4. The molecule has 3 aromatic rings. The van der Waals surface area contributed by atoms with E-state index in [2.05, 4.69) is 41.4 Å². The third-order valence-electron chi connectivity index (χ3n) is 6.71. The highest BCUT2D eigenvalue weighted by molar-refractivity contribution is 7.80. The molecule has 58 heavy (non-hydrogen) atoms. The van der Waals surface area contributed by atoms with E-state index in [-0.39, 0.29) is 31.5 Å². The van der Waals surface area contributed by atoms with Crippen molar-refractivity contribution in [3.63, 3.8) is 0 Å². The first-order valence-corrected chi connectivity index (χ1v) is 19.6. The summed E-state index contributed by atoms with van der Waals surface area (Å²) < 4.78 is 77.2. The zero-order chi connectivity index (χ0) is 45.1. The minimum atomic E-state index is -4.64. The number of imidazole rings is 1. The number of alkyl halides is 3. The fraction of sp³-hybridized carbons (Fsp3) is 0.529. The van der Waals surface area contributed by atoms with Crippen molar-refractivity contribution >= 4 is 56.9 Å². The summed E-state index contributed by atoms with van der Waals surface area (Å²) in [5.41, 5.74) is 7.23. The molecule has 2 fully saturated rings. The van der Waals surface area contributed by atoms with Crippen molar-refractivity contribution in [3.05, 3.63) is 53.9 Å². The molecule has 2 saturated heterocycles. The first-order chi connectivity index (χ1) is 27.3. The molecular weight excluding hydrogens is 818 g/mol. The summed E-state index contributed by atoms with van der Waals surface area (Å²) in [5.74, 6) is 0.850. The van der Waals surface area contributed by atoms with Crippen molar-refractivity contribution in [2.75, 3.05) is 53.3 Å². The second-order valence-electron chi connectivity index (χ2n) is 11.2. The number of carboxylic acid groups (broad SMARTS) is 1. The van der Waals surface area contributed by atoms with E-state index in [1.165, 1.54) is 11.3 Å². The van der Waals surface area contributed by atoms with Crippen LogP contribution >= 0.6 is 11.3 Å². The summed E-state index contributed by atoms with van der Waals surface area (Å²) in [5, 5.41) is 19.3. The van der Waals surface area contributed by atoms with Crippen LogP contribution in [-0.4, -0.2) is 127 Å². The lowest BCUT2D eigenvalue weighted by Gasteiger charge is -2.50. The van der Waals surface area contributed by atoms with Gasteiger partial charge in [0, 0.05) is 31.9 Å². The Balaban J connectivity index is 0. The van der Waals surface area contributed by atoms with Crippen LogP contribution in [0.2, 0.25) is 0 Å². The number of nitrogens with one attached hydrogen (secondary N) is 2. The number of rotatable bonds is 12. The van der Waals surface area contributed by atoms with E-state index in [9.17, 15) is 31.2 Å². The summed E-state index contributed by atoms with van der Waals surface area (Å²) in [6, 6.07) is 3.28. The predicted molar refractivity (Wildman–Crippen MR) is 213 cm³/mol. The molecule has 3 aromatic heterocycles. The third-order valence-corrected chi connectivity index (χ3v) is 7.72. The lowest BCUT2D eigenvalue weighted by Crippen LogP contribution is -2.75. The molecule has 6 N–H and O–H groups in total. The van der Waals surface area contributed by atoms with Gasteiger partial charge in [0.25, 0.3) is 12.4 Å². The lowest BCUT2D eigenvalue weighted by atomic mass is 9.85. The average Bonchev–Trinajstić information content (AvgIpc) is 3.78. The van der Waals surface area contributed by atoms with E-state index < -0.39 is 34.1 Å². The van der Waals surface area contributed by atoms with Crippen molar-refractivity contribution in [1.29, 1.82) is 0 Å². The summed E-state index contributed by atoms with van der Waals surface area (Å²) in [4.78, 5) is 44.5. The third kappa shape index (κ3) is 20.6. The van der Waals surface area contributed by atoms with Crippen molar-refractivity contribution < 1.29 is 64.2 Å². The number of carbonyl (C=O) groups excluding carboxylic acids is 2. The smallest absolute Gasteiger partial charge is 0.418 e. The van der Waals surface area contributed by atoms with E-state index in [1.807, 2.05) is 56.6 Å². The highest BCUT2D eigenvalue weighted by Crippen LogP contribution is 2.32. The van der Waals surface area contributed by atoms with Crippen LogP contribution < -0.4 is 21.1 Å². The predicted octanol–water partition coefficient (Wildman–Crippen LogP) is 3.81. The fourth-order valence-corrected chi connectivity index (χ4v) is 5.31. The van der Waals surface area contributed by atoms with Gasteiger partial charge in [0.1, 0.15) is 29.7 Å². The molecule has 0 aromatic carbocycles. The van der Waals surface area contributed by atoms with Crippen molar-refractivity contribution in [2.45, 2.75) is 65.7 Å². The molecule has 2 aliphatic heterocycles. The van der Waals surface area contributed by atoms with Crippen LogP contribution in [0.3, 0.4) is 0 Å². The molecule has 1 atom stereocenters. The van der Waals surface area contributed by atoms with Gasteiger partial charge in [-0.25, -0.2) is 9.97 Å². The molecule has 19 nitrogen and oxygen atoms in total. The number of nitrogens with two attached hydrogens (primary N) is 1. The van der Waals surface area contributed by atoms with Gasteiger partial charge in [-0.3, -0.25) is 18.9 Å². The van der Waals surface area contributed by atoms with Crippen LogP contribution in [0.25, 0.3) is 5.65 Å². The van der Waals surface area contributed by atoms with E-state index in [4.69, 9.17) is 29.8 Å². The summed E-state index contributed by atoms with van der Waals surface area (Å²) in [6.45, 7) is 16.1. The van der Waals surface area contributed by atoms with Gasteiger partial charge in [0.2, 0.25) is 0 Å². The number of anilines is 1. The van der Waals surface area contributed by atoms with Crippen LogP contribution in [0.15, 0.2) is 47.7 Å². The van der Waals surface area contributed by atoms with Crippen LogP contribution in [0, 0.1) is 5.92 Å². The number of aldehydes is 1. The number of hydrogen-bond donors (Lipinski definition) is 5. The number of allylic oxidation sites excluding steroid dienone is 1. The van der Waals surface area contributed by atoms with Gasteiger partial charge >= 0.3 is 16.6 Å². The number of aromatic nitrogens is 3. The largest absolute Gasteiger partial charge is 0.488 e. The van der Waals surface area contributed by atoms with Crippen molar-refractivity contribution in [1.82, 2.24) is 30.1 Å². The maximum Gasteiger partial charge on any atom is 0.418 e. The Bertz CT molecular complexity index is 1790. The Morgan fingerprint density at radius 1 is 1.16 bits per heavy atom. The van der Waals surface area contributed by atoms with Gasteiger partial charge < -0.3 is 40.2 Å². The zero-order valence-corrected chi connectivity index (χ0v) is 35.5. The molecule has 2 aliphatic rings. The Hall–Kier alpha value is -4.72. The number of nitrogens with zero attached hydrogens (tertiary/aromatic N) is 5. The van der Waals surface area contributed by atoms with Crippen LogP contribution in [0.5, 0.6) is 5.75 Å². The zero-order valence-electron chi connectivity index (χ0n) is 33.8. The van der Waals surface area contributed by atoms with E-state index in [1.54, 1.807) is 40.5 Å². The number of ether oxygens (including phenoxy) is 2. The van der Waals surface area contributed by atoms with Crippen LogP contribution in [-0.2, 0) is 45.1 Å². The molecule has 0 spiro atoms. The van der Waals surface area contributed by atoms with Gasteiger partial charge in [-0.1, -0.05) is 39.4 Å². The Kier molecular flexibility index (Phi) is 27.3. The minimum Gasteiger partial charge on any atom is -0.488 e. The highest BCUT2D eigenvalue weighted by Gasteiger charge is 2.56. The molecule has 0 aliphatic carbocycles. The number of methoxy groups -OCH3 is 1. The monoisotopic (exact) mass is 872 g/mol. The molecule has 24 heteroatoms. The van der Waals surface area contributed by atoms with Gasteiger partial charge in [-0.2, -0.15) is 26.7 Å². The molecule has 5 rings (SSSR count). The lowest BCUT2D eigenvalue weighted by molar-refractivity contribution is -0.218. The number of nitrogen functional groups attached to an aromatic ring is 1. The van der Waals surface area contributed by atoms with E-state index in [0.29, 0.717) is 33.8 Å². The van der Waals surface area contributed by atoms with Crippen LogP contribution in [0.1, 0.15) is 52.9 Å². The van der Waals surface area contributed by atoms with Gasteiger partial charge in [0.15, 0.2) is 23.7 Å². The number of hydrogen-bond acceptors (Lipinski definition) is 16. The molecule has 0 bridgehead atoms. The molecule has 0 saturated carbocycles. The summed E-state index contributed by atoms with van der Waals surface area (Å²) in [6.07, 6.45) is 1.24. The average molecular weight is 873 g/mol. The maximum atomic E-state index is 11.2. The van der Waals surface area contributed by atoms with Gasteiger partial charge in [-0.05, 0) is 58.5 Å². The quantitative estimate of drug-likeness (QED) is 0.0330. The number of oxime groups is 1. The molecule has 1 amide bonds. The number of halogens is 3. The van der Waals surface area contributed by atoms with Gasteiger partial charge in [0.05, 0.1) is 17.4 Å². The summed E-state index contributed by atoms with van der Waals surface area (Å²) in [7, 11) is 0.186. The number of pyridine rings is 1. The number of likely N-dealkylation sites (N-methyl/N-ethyl adjacent to an activating group) is 1. The number of hydroxylamine groups is 2. The molecule has 1 unspecified atom stereocenters. The van der Waals surface area contributed by atoms with Gasteiger partial charge in [-0.15, -0.1) is 15.6 Å². The standard InChI is InChI=1S/C18H20N6O3S.C6H12N2O5S.C3H3F3.C2H6O.2C2H6.CH2O2/c19-18-22-16(11-28-18)15(10-25)23-27-4-3-26-14-1-2-17-21-13(8-24(17)9-14)5-12-6-20-7-12;1-6(2)4(7-3)5(9)8(6)13-14(10,11)12;1-2-3(4,5)6;1-3-2;2*1-2;2-1-3/h1-2,8-12,20H,3-7H2,(H2,19,22);4,7H,1-3H3,(H,10,11,12);2H,1H2;1-2H3;2*1-2H3;1H,(H,2,3)/b23-15+;;;;;;. The van der Waals surface area contributed by atoms with Crippen molar-refractivity contribution in [3.8, 4) is 5.75 Å². The molecular formula is C34H55F3N8O11S2. The Morgan fingerprint density at radius 3 is 2.14 bits per heavy atom. The van der Waals surface area contributed by atoms with Crippen LogP contribution in [0.4, 0.5) is 18.3 Å². The number of fused-ring (bicyclic) bond motifs is 1. The second-order valence-corrected chi connectivity index (χ2v) is 13.1. The van der Waals surface area contributed by atoms with E-state index in [0.717, 1.165) is 30.9 Å². The number of carbonyl (C=O) groups is 3. The summed E-state index contributed by atoms with van der Waals surface area (Å²) >= 11 is 1.24. The molecule has 330 valence electrons. The minimum absolute atomic E-state index is 0.0625. The topological polar surface area (TPSA) is 259 Å². The van der Waals surface area contributed by atoms with E-state index >= 15 is 0 Å². The molecule has 0 radical (unpaired) electrons. The Morgan fingerprint density at radius 2 is 1.72 bits per heavy atom. The highest BCUT2D eigenvalue weighted by atomic mass is 32.3. The number of β-lactam (4-membered cyclic amide) rings is 1. The number of thiazole rings is 1. The Labute approximate surface area is 340 Å². The normalized spacial score (nSPS) is 15.3. The molecule has 5 heterocycles. The maximum absolute atomic E-state index is 11.2. The fourth-order valence-electron chi connectivity index (χ4n) is 4.30. The number of amides is 1. The van der Waals surface area contributed by atoms with Crippen molar-refractivity contribution in [2.24, 2.45) is 11.1 Å². The SMILES string of the molecule is C=CC(F)(F)F.CC.CC.CNC1C(=O)N(OS(=O)(=O)O)C1(C)C.COC.Nc1nc(/C(C=O)=N/OCCOc2ccc3nc(CC4CNC4)cn3c2)cs1.O=CO. The first-order valence-electron chi connectivity index (χ1n) is 17.3.